The van der Waals surface area contributed by atoms with E-state index in [0.717, 1.165) is 74.4 Å². The summed E-state index contributed by atoms with van der Waals surface area (Å²) in [5.41, 5.74) is 2.90. The average molecular weight is 513 g/mol. The molecule has 0 aliphatic carbocycles. The van der Waals surface area contributed by atoms with Gasteiger partial charge in [0.15, 0.2) is 0 Å². The smallest absolute Gasteiger partial charge is 0.321 e. The second kappa shape index (κ2) is 16.9. The lowest BCUT2D eigenvalue weighted by atomic mass is 10.1. The maximum atomic E-state index is 12.5. The molecule has 6 heteroatoms. The molecule has 1 unspecified atom stereocenters. The third-order valence-electron chi connectivity index (χ3n) is 6.25. The largest absolute Gasteiger partial charge is 0.497 e. The first-order valence-electron chi connectivity index (χ1n) is 13.4. The van der Waals surface area contributed by atoms with Gasteiger partial charge in [-0.2, -0.15) is 0 Å². The van der Waals surface area contributed by atoms with Gasteiger partial charge in [0.2, 0.25) is 0 Å². The lowest BCUT2D eigenvalue weighted by Gasteiger charge is -2.27. The van der Waals surface area contributed by atoms with E-state index in [9.17, 15) is 4.79 Å². The van der Waals surface area contributed by atoms with Crippen LogP contribution >= 0.6 is 0 Å². The minimum Gasteiger partial charge on any atom is -0.497 e. The SMILES string of the molecule is C(#Cc1ccccc1)c1ccccc1.CNCC1CCCN(C(=O)Nc2ccc(OC)cc2)CCCCN1. The van der Waals surface area contributed by atoms with Crippen LogP contribution in [0.2, 0.25) is 0 Å². The molecule has 0 radical (unpaired) electrons. The summed E-state index contributed by atoms with van der Waals surface area (Å²) >= 11 is 0. The standard InChI is InChI=1S/C18H30N4O2.C14H10/c1-19-14-16-6-5-13-22(12-4-3-11-20-16)18(23)21-15-7-9-17(24-2)10-8-15;1-3-7-13(8-4-1)11-12-14-9-5-2-6-10-14/h7-10,16,19-20H,3-6,11-14H2,1-2H3,(H,21,23);1-10H. The molecule has 0 saturated carbocycles. The highest BCUT2D eigenvalue weighted by atomic mass is 16.5. The Hall–Kier alpha value is -3.79. The van der Waals surface area contributed by atoms with E-state index in [1.807, 2.05) is 96.9 Å². The summed E-state index contributed by atoms with van der Waals surface area (Å²) in [6, 6.07) is 27.9. The van der Waals surface area contributed by atoms with Gasteiger partial charge in [0, 0.05) is 42.5 Å². The molecule has 200 valence electrons. The molecule has 0 spiro atoms. The van der Waals surface area contributed by atoms with E-state index in [0.29, 0.717) is 6.04 Å². The van der Waals surface area contributed by atoms with Crippen LogP contribution in [0, 0.1) is 11.8 Å². The van der Waals surface area contributed by atoms with Gasteiger partial charge >= 0.3 is 6.03 Å². The molecule has 2 amide bonds. The van der Waals surface area contributed by atoms with Gasteiger partial charge < -0.3 is 25.6 Å². The van der Waals surface area contributed by atoms with E-state index in [1.165, 1.54) is 0 Å². The van der Waals surface area contributed by atoms with Crippen molar-refractivity contribution in [1.82, 2.24) is 15.5 Å². The summed E-state index contributed by atoms with van der Waals surface area (Å²) in [7, 11) is 3.62. The van der Waals surface area contributed by atoms with Crippen LogP contribution in [0.4, 0.5) is 10.5 Å². The van der Waals surface area contributed by atoms with Crippen molar-refractivity contribution in [2.24, 2.45) is 0 Å². The van der Waals surface area contributed by atoms with Crippen LogP contribution in [-0.2, 0) is 0 Å². The number of anilines is 1. The molecule has 3 aromatic carbocycles. The van der Waals surface area contributed by atoms with Crippen molar-refractivity contribution in [3.05, 3.63) is 96.1 Å². The van der Waals surface area contributed by atoms with Gasteiger partial charge in [-0.1, -0.05) is 48.2 Å². The van der Waals surface area contributed by atoms with E-state index in [-0.39, 0.29) is 6.03 Å². The molecule has 6 nitrogen and oxygen atoms in total. The predicted molar refractivity (Wildman–Crippen MR) is 157 cm³/mol. The second-order valence-corrected chi connectivity index (χ2v) is 9.19. The van der Waals surface area contributed by atoms with E-state index in [4.69, 9.17) is 4.74 Å². The Morgan fingerprint density at radius 2 is 1.50 bits per heavy atom. The van der Waals surface area contributed by atoms with E-state index >= 15 is 0 Å². The number of rotatable bonds is 4. The number of urea groups is 1. The fourth-order valence-corrected chi connectivity index (χ4v) is 4.16. The summed E-state index contributed by atoms with van der Waals surface area (Å²) in [4.78, 5) is 14.5. The lowest BCUT2D eigenvalue weighted by molar-refractivity contribution is 0.206. The third-order valence-corrected chi connectivity index (χ3v) is 6.25. The summed E-state index contributed by atoms with van der Waals surface area (Å²) in [6.07, 6.45) is 4.20. The van der Waals surface area contributed by atoms with Gasteiger partial charge in [-0.3, -0.25) is 0 Å². The minimum absolute atomic E-state index is 0.0149. The van der Waals surface area contributed by atoms with Crippen molar-refractivity contribution < 1.29 is 9.53 Å². The Kier molecular flexibility index (Phi) is 12.8. The number of likely N-dealkylation sites (N-methyl/N-ethyl adjacent to an activating group) is 1. The van der Waals surface area contributed by atoms with E-state index in [1.54, 1.807) is 7.11 Å². The van der Waals surface area contributed by atoms with Crippen LogP contribution in [0.15, 0.2) is 84.9 Å². The molecule has 1 heterocycles. The predicted octanol–water partition coefficient (Wildman–Crippen LogP) is 5.37. The lowest BCUT2D eigenvalue weighted by Crippen LogP contribution is -2.42. The summed E-state index contributed by atoms with van der Waals surface area (Å²) in [5.74, 6) is 7.01. The van der Waals surface area contributed by atoms with Crippen LogP contribution < -0.4 is 20.7 Å². The molecule has 3 N–H and O–H groups in total. The van der Waals surface area contributed by atoms with Crippen molar-refractivity contribution in [2.75, 3.05) is 45.7 Å². The van der Waals surface area contributed by atoms with E-state index in [2.05, 4.69) is 27.8 Å². The molecule has 4 rings (SSSR count). The van der Waals surface area contributed by atoms with Crippen LogP contribution in [-0.4, -0.2) is 57.3 Å². The first-order valence-corrected chi connectivity index (χ1v) is 13.4. The first kappa shape index (κ1) is 28.8. The molecule has 1 aliphatic rings. The number of ether oxygens (including phenoxy) is 1. The van der Waals surface area contributed by atoms with E-state index < -0.39 is 0 Å². The molecule has 1 aliphatic heterocycles. The monoisotopic (exact) mass is 512 g/mol. The number of methoxy groups -OCH3 is 1. The van der Waals surface area contributed by atoms with Crippen molar-refractivity contribution in [3.63, 3.8) is 0 Å². The summed E-state index contributed by atoms with van der Waals surface area (Å²) in [5, 5.41) is 9.81. The second-order valence-electron chi connectivity index (χ2n) is 9.19. The molecule has 1 saturated heterocycles. The maximum absolute atomic E-state index is 12.5. The van der Waals surface area contributed by atoms with Gasteiger partial charge in [-0.05, 0) is 87.8 Å². The Labute approximate surface area is 227 Å². The highest BCUT2D eigenvalue weighted by Crippen LogP contribution is 2.16. The Bertz CT molecular complexity index is 1080. The number of hydrogen-bond acceptors (Lipinski definition) is 4. The van der Waals surface area contributed by atoms with Crippen LogP contribution in [0.1, 0.15) is 36.8 Å². The summed E-state index contributed by atoms with van der Waals surface area (Å²) in [6.45, 7) is 3.59. The van der Waals surface area contributed by atoms with Crippen LogP contribution in [0.5, 0.6) is 5.75 Å². The van der Waals surface area contributed by atoms with Crippen LogP contribution in [0.3, 0.4) is 0 Å². The molecule has 3 aromatic rings. The zero-order chi connectivity index (χ0) is 26.8. The fraction of sp³-hybridized carbons (Fsp3) is 0.344. The van der Waals surface area contributed by atoms with Crippen LogP contribution in [0.25, 0.3) is 0 Å². The fourth-order valence-electron chi connectivity index (χ4n) is 4.16. The number of benzene rings is 3. The Morgan fingerprint density at radius 3 is 2.08 bits per heavy atom. The number of carbonyl (C=O) groups excluding carboxylic acids is 1. The Balaban J connectivity index is 0.000000241. The molecule has 38 heavy (non-hydrogen) atoms. The van der Waals surface area contributed by atoms with Gasteiger partial charge in [-0.15, -0.1) is 0 Å². The molecule has 1 atom stereocenters. The third kappa shape index (κ3) is 10.7. The van der Waals surface area contributed by atoms with Gasteiger partial charge in [-0.25, -0.2) is 4.79 Å². The molecule has 1 fully saturated rings. The minimum atomic E-state index is -0.0149. The van der Waals surface area contributed by atoms with Gasteiger partial charge in [0.05, 0.1) is 7.11 Å². The number of carbonyl (C=O) groups is 1. The maximum Gasteiger partial charge on any atom is 0.321 e. The van der Waals surface area contributed by atoms with Gasteiger partial charge in [0.1, 0.15) is 5.75 Å². The highest BCUT2D eigenvalue weighted by Gasteiger charge is 2.16. The summed E-state index contributed by atoms with van der Waals surface area (Å²) < 4.78 is 5.14. The zero-order valence-electron chi connectivity index (χ0n) is 22.6. The Morgan fingerprint density at radius 1 is 0.895 bits per heavy atom. The zero-order valence-corrected chi connectivity index (χ0v) is 22.6. The number of nitrogens with zero attached hydrogens (tertiary/aromatic N) is 1. The molecular weight excluding hydrogens is 472 g/mol. The topological polar surface area (TPSA) is 65.6 Å². The normalized spacial score (nSPS) is 15.6. The number of nitrogens with one attached hydrogen (secondary N) is 3. The first-order chi connectivity index (χ1) is 18.7. The average Bonchev–Trinajstić information content (AvgIpc) is 2.97. The van der Waals surface area contributed by atoms with Crippen molar-refractivity contribution in [3.8, 4) is 17.6 Å². The van der Waals surface area contributed by atoms with Gasteiger partial charge in [0.25, 0.3) is 0 Å². The molecular formula is C32H40N4O2. The van der Waals surface area contributed by atoms with Crippen molar-refractivity contribution in [1.29, 1.82) is 0 Å². The molecule has 0 bridgehead atoms. The number of amides is 2. The van der Waals surface area contributed by atoms with Crippen molar-refractivity contribution >= 4 is 11.7 Å². The number of hydrogen-bond donors (Lipinski definition) is 3. The molecule has 0 aromatic heterocycles. The quantitative estimate of drug-likeness (QED) is 0.412. The highest BCUT2D eigenvalue weighted by molar-refractivity contribution is 5.89. The van der Waals surface area contributed by atoms with Crippen molar-refractivity contribution in [2.45, 2.75) is 31.7 Å².